The van der Waals surface area contributed by atoms with Gasteiger partial charge in [-0.05, 0) is 78.4 Å². The maximum Gasteiger partial charge on any atom is 0.343 e. The van der Waals surface area contributed by atoms with Gasteiger partial charge in [-0.2, -0.15) is 5.10 Å². The van der Waals surface area contributed by atoms with E-state index in [1.807, 2.05) is 0 Å². The fourth-order valence-corrected chi connectivity index (χ4v) is 2.58. The highest BCUT2D eigenvalue weighted by atomic mass is 32.1. The number of carbonyl (C=O) groups excluding carboxylic acids is 1. The Morgan fingerprint density at radius 1 is 1.03 bits per heavy atom. The highest BCUT2D eigenvalue weighted by Crippen LogP contribution is 2.16. The number of ether oxygens (including phenoxy) is 2. The highest BCUT2D eigenvalue weighted by Gasteiger charge is 2.09. The minimum Gasteiger partial charge on any atom is -0.497 e. The van der Waals surface area contributed by atoms with E-state index in [1.54, 1.807) is 67.8 Å². The van der Waals surface area contributed by atoms with Crippen LogP contribution in [-0.2, 0) is 0 Å². The summed E-state index contributed by atoms with van der Waals surface area (Å²) in [6, 6.07) is 19.3. The number of benzene rings is 3. The molecular formula is C22H18FN3O3S. The van der Waals surface area contributed by atoms with Crippen molar-refractivity contribution in [2.24, 2.45) is 5.10 Å². The summed E-state index contributed by atoms with van der Waals surface area (Å²) in [7, 11) is 1.56. The molecule has 8 heteroatoms. The van der Waals surface area contributed by atoms with E-state index in [1.165, 1.54) is 18.3 Å². The first-order valence-electron chi connectivity index (χ1n) is 8.85. The summed E-state index contributed by atoms with van der Waals surface area (Å²) in [5.41, 5.74) is 4.42. The monoisotopic (exact) mass is 423 g/mol. The van der Waals surface area contributed by atoms with Gasteiger partial charge in [0.1, 0.15) is 17.3 Å². The van der Waals surface area contributed by atoms with E-state index in [0.29, 0.717) is 28.3 Å². The van der Waals surface area contributed by atoms with Crippen LogP contribution in [0.2, 0.25) is 0 Å². The predicted octanol–water partition coefficient (Wildman–Crippen LogP) is 4.37. The average molecular weight is 423 g/mol. The molecule has 0 aliphatic carbocycles. The molecule has 0 aliphatic heterocycles. The molecule has 0 saturated heterocycles. The third kappa shape index (κ3) is 6.11. The number of halogens is 1. The van der Waals surface area contributed by atoms with Crippen LogP contribution in [0.4, 0.5) is 10.1 Å². The number of thiocarbonyl (C=S) groups is 1. The molecule has 3 rings (SSSR count). The lowest BCUT2D eigenvalue weighted by atomic mass is 10.2. The maximum absolute atomic E-state index is 12.9. The molecule has 0 heterocycles. The normalized spacial score (nSPS) is 10.5. The molecule has 0 saturated carbocycles. The zero-order valence-electron chi connectivity index (χ0n) is 16.0. The SMILES string of the molecule is COc1ccc(C(=O)Oc2cccc(C=NNC(=S)Nc3ccc(F)cc3)c2)cc1. The number of anilines is 1. The number of hydrogen-bond donors (Lipinski definition) is 2. The summed E-state index contributed by atoms with van der Waals surface area (Å²) < 4.78 is 23.4. The second-order valence-electron chi connectivity index (χ2n) is 6.02. The second-order valence-corrected chi connectivity index (χ2v) is 6.43. The lowest BCUT2D eigenvalue weighted by Gasteiger charge is -2.07. The molecule has 0 radical (unpaired) electrons. The van der Waals surface area contributed by atoms with Crippen molar-refractivity contribution in [3.05, 3.63) is 89.7 Å². The zero-order chi connectivity index (χ0) is 21.3. The Morgan fingerprint density at radius 2 is 1.77 bits per heavy atom. The molecule has 2 N–H and O–H groups in total. The van der Waals surface area contributed by atoms with E-state index in [4.69, 9.17) is 21.7 Å². The number of hydrogen-bond acceptors (Lipinski definition) is 5. The van der Waals surface area contributed by atoms with Crippen LogP contribution < -0.4 is 20.2 Å². The number of esters is 1. The van der Waals surface area contributed by atoms with Gasteiger partial charge in [0.2, 0.25) is 0 Å². The molecule has 0 unspecified atom stereocenters. The Hall–Kier alpha value is -3.78. The molecule has 3 aromatic rings. The number of nitrogens with zero attached hydrogens (tertiary/aromatic N) is 1. The molecule has 0 fully saturated rings. The molecule has 0 bridgehead atoms. The number of hydrazone groups is 1. The summed E-state index contributed by atoms with van der Waals surface area (Å²) >= 11 is 5.13. The average Bonchev–Trinajstić information content (AvgIpc) is 2.76. The summed E-state index contributed by atoms with van der Waals surface area (Å²) in [6.45, 7) is 0. The molecule has 0 atom stereocenters. The van der Waals surface area contributed by atoms with Crippen molar-refractivity contribution in [3.8, 4) is 11.5 Å². The Labute approximate surface area is 178 Å². The molecule has 0 amide bonds. The Bertz CT molecular complexity index is 1050. The van der Waals surface area contributed by atoms with Crippen molar-refractivity contribution in [1.29, 1.82) is 0 Å². The largest absolute Gasteiger partial charge is 0.497 e. The van der Waals surface area contributed by atoms with Gasteiger partial charge in [0.05, 0.1) is 18.9 Å². The molecule has 3 aromatic carbocycles. The van der Waals surface area contributed by atoms with Crippen LogP contribution in [0.3, 0.4) is 0 Å². The van der Waals surface area contributed by atoms with Crippen molar-refractivity contribution in [1.82, 2.24) is 5.43 Å². The minimum absolute atomic E-state index is 0.250. The predicted molar refractivity (Wildman–Crippen MR) is 118 cm³/mol. The Balaban J connectivity index is 1.55. The Kier molecular flexibility index (Phi) is 7.07. The van der Waals surface area contributed by atoms with Gasteiger partial charge in [0.15, 0.2) is 5.11 Å². The molecule has 0 spiro atoms. The molecule has 0 aliphatic rings. The summed E-state index contributed by atoms with van der Waals surface area (Å²) in [5, 5.41) is 7.18. The van der Waals surface area contributed by atoms with Crippen molar-refractivity contribution in [3.63, 3.8) is 0 Å². The van der Waals surface area contributed by atoms with E-state index < -0.39 is 5.97 Å². The lowest BCUT2D eigenvalue weighted by Crippen LogP contribution is -2.23. The van der Waals surface area contributed by atoms with Crippen LogP contribution >= 0.6 is 12.2 Å². The van der Waals surface area contributed by atoms with Crippen LogP contribution in [0.1, 0.15) is 15.9 Å². The first-order chi connectivity index (χ1) is 14.5. The molecule has 30 heavy (non-hydrogen) atoms. The first-order valence-corrected chi connectivity index (χ1v) is 9.26. The van der Waals surface area contributed by atoms with Crippen molar-refractivity contribution in [2.75, 3.05) is 12.4 Å². The molecule has 6 nitrogen and oxygen atoms in total. The van der Waals surface area contributed by atoms with Crippen molar-refractivity contribution >= 4 is 35.2 Å². The van der Waals surface area contributed by atoms with Gasteiger partial charge >= 0.3 is 5.97 Å². The van der Waals surface area contributed by atoms with E-state index in [-0.39, 0.29) is 10.9 Å². The maximum atomic E-state index is 12.9. The zero-order valence-corrected chi connectivity index (χ0v) is 16.8. The second kappa shape index (κ2) is 10.1. The third-order valence-electron chi connectivity index (χ3n) is 3.88. The number of nitrogens with one attached hydrogen (secondary N) is 2. The fraction of sp³-hybridized carbons (Fsp3) is 0.0455. The van der Waals surface area contributed by atoms with Crippen LogP contribution in [0.15, 0.2) is 77.9 Å². The van der Waals surface area contributed by atoms with Gasteiger partial charge in [0.25, 0.3) is 0 Å². The molecule has 152 valence electrons. The molecule has 0 aromatic heterocycles. The van der Waals surface area contributed by atoms with Crippen molar-refractivity contribution < 1.29 is 18.7 Å². The van der Waals surface area contributed by atoms with Gasteiger partial charge in [-0.1, -0.05) is 12.1 Å². The topological polar surface area (TPSA) is 72.0 Å². The van der Waals surface area contributed by atoms with E-state index in [2.05, 4.69) is 15.8 Å². The number of rotatable bonds is 6. The number of methoxy groups -OCH3 is 1. The fourth-order valence-electron chi connectivity index (χ4n) is 2.41. The first kappa shape index (κ1) is 20.9. The molecular weight excluding hydrogens is 405 g/mol. The van der Waals surface area contributed by atoms with Crippen LogP contribution in [0.5, 0.6) is 11.5 Å². The summed E-state index contributed by atoms with van der Waals surface area (Å²) in [6.07, 6.45) is 1.53. The minimum atomic E-state index is -0.477. The van der Waals surface area contributed by atoms with E-state index in [9.17, 15) is 9.18 Å². The highest BCUT2D eigenvalue weighted by molar-refractivity contribution is 7.80. The van der Waals surface area contributed by atoms with Gasteiger partial charge in [-0.15, -0.1) is 0 Å². The Morgan fingerprint density at radius 3 is 2.47 bits per heavy atom. The van der Waals surface area contributed by atoms with E-state index in [0.717, 1.165) is 0 Å². The standard InChI is InChI=1S/C22H18FN3O3S/c1-28-19-11-5-16(6-12-19)21(27)29-20-4-2-3-15(13-20)14-24-26-22(30)25-18-9-7-17(23)8-10-18/h2-14H,1H3,(H2,25,26,30). The van der Waals surface area contributed by atoms with Crippen LogP contribution in [0, 0.1) is 5.82 Å². The van der Waals surface area contributed by atoms with Crippen LogP contribution in [0.25, 0.3) is 0 Å². The van der Waals surface area contributed by atoms with Gasteiger partial charge in [-0.25, -0.2) is 9.18 Å². The number of carbonyl (C=O) groups is 1. The van der Waals surface area contributed by atoms with Gasteiger partial charge in [-0.3, -0.25) is 5.43 Å². The summed E-state index contributed by atoms with van der Waals surface area (Å²) in [4.78, 5) is 12.3. The summed E-state index contributed by atoms with van der Waals surface area (Å²) in [5.74, 6) is 0.232. The van der Waals surface area contributed by atoms with E-state index >= 15 is 0 Å². The smallest absolute Gasteiger partial charge is 0.343 e. The van der Waals surface area contributed by atoms with Gasteiger partial charge < -0.3 is 14.8 Å². The van der Waals surface area contributed by atoms with Crippen LogP contribution in [-0.4, -0.2) is 24.4 Å². The lowest BCUT2D eigenvalue weighted by molar-refractivity contribution is 0.0734. The van der Waals surface area contributed by atoms with Crippen molar-refractivity contribution in [2.45, 2.75) is 0 Å². The quantitative estimate of drug-likeness (QED) is 0.202. The van der Waals surface area contributed by atoms with Gasteiger partial charge in [0, 0.05) is 5.69 Å². The third-order valence-corrected chi connectivity index (χ3v) is 4.07.